The van der Waals surface area contributed by atoms with Crippen molar-refractivity contribution in [3.05, 3.63) is 0 Å². The molecular formula is C15H32. The second-order valence-corrected chi connectivity index (χ2v) is 5.36. The maximum Gasteiger partial charge on any atom is -0.0223 e. The molecule has 0 radical (unpaired) electrons. The summed E-state index contributed by atoms with van der Waals surface area (Å²) in [6, 6.07) is 0. The summed E-state index contributed by atoms with van der Waals surface area (Å²) in [5.41, 5.74) is 1.11. The molecule has 0 spiro atoms. The zero-order chi connectivity index (χ0) is 12.1. The third kappa shape index (κ3) is 2.24. The van der Waals surface area contributed by atoms with E-state index < -0.39 is 0 Å². The van der Waals surface area contributed by atoms with Crippen LogP contribution in [0.2, 0.25) is 0 Å². The van der Waals surface area contributed by atoms with Crippen molar-refractivity contribution < 1.29 is 0 Å². The molecule has 0 saturated heterocycles. The average Bonchev–Trinajstić information content (AvgIpc) is 2.26. The van der Waals surface area contributed by atoms with Gasteiger partial charge in [-0.15, -0.1) is 0 Å². The number of rotatable bonds is 7. The largest absolute Gasteiger partial charge is 0.0648 e. The van der Waals surface area contributed by atoms with Crippen molar-refractivity contribution >= 4 is 0 Å². The van der Waals surface area contributed by atoms with E-state index in [0.717, 1.165) is 5.92 Å². The predicted molar refractivity (Wildman–Crippen MR) is 71.2 cm³/mol. The van der Waals surface area contributed by atoms with Crippen LogP contribution < -0.4 is 0 Å². The highest BCUT2D eigenvalue weighted by Gasteiger charge is 2.46. The van der Waals surface area contributed by atoms with Crippen molar-refractivity contribution in [1.82, 2.24) is 0 Å². The summed E-state index contributed by atoms with van der Waals surface area (Å²) in [6.07, 6.45) is 6.66. The molecule has 0 amide bonds. The fraction of sp³-hybridized carbons (Fsp3) is 1.00. The molecule has 0 heterocycles. The van der Waals surface area contributed by atoms with Crippen molar-refractivity contribution in [1.29, 1.82) is 0 Å². The van der Waals surface area contributed by atoms with E-state index in [4.69, 9.17) is 0 Å². The fourth-order valence-corrected chi connectivity index (χ4v) is 4.24. The van der Waals surface area contributed by atoms with Crippen LogP contribution in [0.4, 0.5) is 0 Å². The maximum absolute atomic E-state index is 2.42. The maximum atomic E-state index is 2.42. The Hall–Kier alpha value is 0. The lowest BCUT2D eigenvalue weighted by atomic mass is 9.52. The summed E-state index contributed by atoms with van der Waals surface area (Å²) in [6.45, 7) is 16.8. The summed E-state index contributed by atoms with van der Waals surface area (Å²) in [7, 11) is 0. The first-order valence-electron chi connectivity index (χ1n) is 7.00. The Morgan fingerprint density at radius 3 is 1.07 bits per heavy atom. The Balaban J connectivity index is 5.34. The first kappa shape index (κ1) is 15.0. The third-order valence-corrected chi connectivity index (χ3v) is 5.45. The Kier molecular flexibility index (Phi) is 5.92. The second-order valence-electron chi connectivity index (χ2n) is 5.36. The molecule has 0 fully saturated rings. The summed E-state index contributed by atoms with van der Waals surface area (Å²) in [5, 5.41) is 0. The van der Waals surface area contributed by atoms with Crippen LogP contribution in [0.3, 0.4) is 0 Å². The van der Waals surface area contributed by atoms with Gasteiger partial charge < -0.3 is 0 Å². The first-order chi connectivity index (χ1) is 7.00. The van der Waals surface area contributed by atoms with E-state index in [1.54, 1.807) is 0 Å². The van der Waals surface area contributed by atoms with Crippen LogP contribution in [0.25, 0.3) is 0 Å². The lowest BCUT2D eigenvalue weighted by Gasteiger charge is -2.53. The second kappa shape index (κ2) is 5.92. The van der Waals surface area contributed by atoms with Crippen molar-refractivity contribution in [2.75, 3.05) is 0 Å². The standard InChI is InChI=1S/C15H32/c1-8-14(9-2,10-3)15(11-4,12-5)13(6)7/h13H,8-12H2,1-7H3. The third-order valence-electron chi connectivity index (χ3n) is 5.45. The molecular weight excluding hydrogens is 180 g/mol. The van der Waals surface area contributed by atoms with Gasteiger partial charge >= 0.3 is 0 Å². The molecule has 0 aliphatic heterocycles. The highest BCUT2D eigenvalue weighted by atomic mass is 14.5. The Bertz CT molecular complexity index is 151. The quantitative estimate of drug-likeness (QED) is 0.510. The van der Waals surface area contributed by atoms with Crippen LogP contribution in [-0.2, 0) is 0 Å². The van der Waals surface area contributed by atoms with Gasteiger partial charge in [0.15, 0.2) is 0 Å². The van der Waals surface area contributed by atoms with Crippen LogP contribution in [0.1, 0.15) is 80.6 Å². The molecule has 0 aliphatic carbocycles. The molecule has 92 valence electrons. The van der Waals surface area contributed by atoms with E-state index in [-0.39, 0.29) is 0 Å². The first-order valence-corrected chi connectivity index (χ1v) is 7.00. The molecule has 0 aromatic rings. The molecule has 0 saturated carbocycles. The zero-order valence-electron chi connectivity index (χ0n) is 12.1. The van der Waals surface area contributed by atoms with E-state index in [9.17, 15) is 0 Å². The van der Waals surface area contributed by atoms with Crippen LogP contribution in [0.5, 0.6) is 0 Å². The van der Waals surface area contributed by atoms with Gasteiger partial charge in [-0.2, -0.15) is 0 Å². The lowest BCUT2D eigenvalue weighted by molar-refractivity contribution is -0.0323. The zero-order valence-corrected chi connectivity index (χ0v) is 12.1. The van der Waals surface area contributed by atoms with E-state index in [1.807, 2.05) is 0 Å². The van der Waals surface area contributed by atoms with E-state index in [0.29, 0.717) is 10.8 Å². The molecule has 0 N–H and O–H groups in total. The minimum absolute atomic E-state index is 0.547. The fourth-order valence-electron chi connectivity index (χ4n) is 4.24. The van der Waals surface area contributed by atoms with Crippen molar-refractivity contribution in [3.8, 4) is 0 Å². The molecule has 0 heteroatoms. The minimum atomic E-state index is 0.547. The highest BCUT2D eigenvalue weighted by molar-refractivity contribution is 4.96. The number of hydrogen-bond donors (Lipinski definition) is 0. The molecule has 15 heavy (non-hydrogen) atoms. The molecule has 0 aromatic carbocycles. The van der Waals surface area contributed by atoms with Gasteiger partial charge in [0, 0.05) is 0 Å². The topological polar surface area (TPSA) is 0 Å². The Morgan fingerprint density at radius 1 is 0.667 bits per heavy atom. The van der Waals surface area contributed by atoms with Gasteiger partial charge in [0.05, 0.1) is 0 Å². The smallest absolute Gasteiger partial charge is 0.0223 e. The van der Waals surface area contributed by atoms with Gasteiger partial charge in [-0.1, -0.05) is 48.5 Å². The molecule has 0 aliphatic rings. The molecule has 0 aromatic heterocycles. The van der Waals surface area contributed by atoms with Crippen molar-refractivity contribution in [2.45, 2.75) is 80.6 Å². The molecule has 0 rings (SSSR count). The van der Waals surface area contributed by atoms with Crippen LogP contribution >= 0.6 is 0 Å². The Morgan fingerprint density at radius 2 is 1.00 bits per heavy atom. The molecule has 0 atom stereocenters. The molecule has 0 bridgehead atoms. The van der Waals surface area contributed by atoms with Gasteiger partial charge in [-0.05, 0) is 48.9 Å². The number of hydrogen-bond acceptors (Lipinski definition) is 0. The summed E-state index contributed by atoms with van der Waals surface area (Å²) < 4.78 is 0. The van der Waals surface area contributed by atoms with Crippen LogP contribution in [-0.4, -0.2) is 0 Å². The predicted octanol–water partition coefficient (Wildman–Crippen LogP) is 5.67. The monoisotopic (exact) mass is 212 g/mol. The van der Waals surface area contributed by atoms with Crippen LogP contribution in [0, 0.1) is 16.7 Å². The molecule has 0 unspecified atom stereocenters. The normalized spacial score (nSPS) is 13.6. The molecule has 0 nitrogen and oxygen atoms in total. The van der Waals surface area contributed by atoms with Gasteiger partial charge in [0.1, 0.15) is 0 Å². The summed E-state index contributed by atoms with van der Waals surface area (Å²) in [4.78, 5) is 0. The van der Waals surface area contributed by atoms with Crippen LogP contribution in [0.15, 0.2) is 0 Å². The van der Waals surface area contributed by atoms with Gasteiger partial charge in [-0.3, -0.25) is 0 Å². The van der Waals surface area contributed by atoms with Crippen molar-refractivity contribution in [3.63, 3.8) is 0 Å². The summed E-state index contributed by atoms with van der Waals surface area (Å²) >= 11 is 0. The van der Waals surface area contributed by atoms with Gasteiger partial charge in [-0.25, -0.2) is 0 Å². The Labute approximate surface area is 97.8 Å². The van der Waals surface area contributed by atoms with Gasteiger partial charge in [0.2, 0.25) is 0 Å². The highest BCUT2D eigenvalue weighted by Crippen LogP contribution is 2.56. The van der Waals surface area contributed by atoms with Crippen molar-refractivity contribution in [2.24, 2.45) is 16.7 Å². The average molecular weight is 212 g/mol. The van der Waals surface area contributed by atoms with E-state index in [2.05, 4.69) is 48.5 Å². The van der Waals surface area contributed by atoms with E-state index in [1.165, 1.54) is 32.1 Å². The summed E-state index contributed by atoms with van der Waals surface area (Å²) in [5.74, 6) is 0.798. The SMILES string of the molecule is CCC(CC)(CC)C(CC)(CC)C(C)C. The van der Waals surface area contributed by atoms with E-state index >= 15 is 0 Å². The van der Waals surface area contributed by atoms with Gasteiger partial charge in [0.25, 0.3) is 0 Å². The minimum Gasteiger partial charge on any atom is -0.0648 e. The lowest BCUT2D eigenvalue weighted by Crippen LogP contribution is -2.44.